The van der Waals surface area contributed by atoms with E-state index in [9.17, 15) is 4.79 Å². The van der Waals surface area contributed by atoms with Crippen LogP contribution < -0.4 is 16.0 Å². The molecule has 0 unspecified atom stereocenters. The van der Waals surface area contributed by atoms with Crippen LogP contribution in [-0.2, 0) is 11.3 Å². The molecule has 1 amide bonds. The van der Waals surface area contributed by atoms with E-state index in [1.54, 1.807) is 0 Å². The number of hydrogen-bond acceptors (Lipinski definition) is 3. The molecule has 0 spiro atoms. The number of methoxy groups -OCH3 is 1. The quantitative estimate of drug-likeness (QED) is 0.389. The van der Waals surface area contributed by atoms with Gasteiger partial charge in [0, 0.05) is 18.3 Å². The molecule has 0 saturated heterocycles. The summed E-state index contributed by atoms with van der Waals surface area (Å²) in [7, 11) is 1.34. The maximum atomic E-state index is 11.1. The Bertz CT molecular complexity index is 475. The Hall–Kier alpha value is -1.51. The molecular weight excluding hydrogens is 395 g/mol. The number of rotatable bonds is 5. The summed E-state index contributed by atoms with van der Waals surface area (Å²) in [6.07, 6.45) is -0.476. The molecule has 3 N–H and O–H groups in total. The maximum absolute atomic E-state index is 11.1. The summed E-state index contributed by atoms with van der Waals surface area (Å²) >= 11 is 0. The lowest BCUT2D eigenvalue weighted by Crippen LogP contribution is -2.40. The van der Waals surface area contributed by atoms with Gasteiger partial charge in [0.05, 0.1) is 13.7 Å². The monoisotopic (exact) mass is 420 g/mol. The normalized spacial score (nSPS) is 10.7. The van der Waals surface area contributed by atoms with Gasteiger partial charge in [0.15, 0.2) is 5.96 Å². The molecule has 0 bridgehead atoms. The number of halogens is 1. The Morgan fingerprint density at radius 3 is 2.41 bits per heavy atom. The van der Waals surface area contributed by atoms with Crippen LogP contribution in [0.1, 0.15) is 26.3 Å². The zero-order chi connectivity index (χ0) is 15.7. The smallest absolute Gasteiger partial charge is 0.411 e. The van der Waals surface area contributed by atoms with E-state index in [1.807, 2.05) is 31.2 Å². The lowest BCUT2D eigenvalue weighted by Gasteiger charge is -2.14. The number of anilines is 1. The third kappa shape index (κ3) is 8.06. The lowest BCUT2D eigenvalue weighted by molar-refractivity contribution is 0.187. The molecular formula is C15H25IN4O2. The lowest BCUT2D eigenvalue weighted by atomic mass is 10.2. The molecule has 0 aliphatic rings. The van der Waals surface area contributed by atoms with Crippen LogP contribution in [0.2, 0.25) is 0 Å². The number of guanidine groups is 1. The number of carbonyl (C=O) groups excluding carboxylic acids is 1. The number of carbonyl (C=O) groups is 1. The fourth-order valence-corrected chi connectivity index (χ4v) is 1.63. The Balaban J connectivity index is 0.00000441. The highest BCUT2D eigenvalue weighted by Crippen LogP contribution is 2.10. The van der Waals surface area contributed by atoms with Gasteiger partial charge in [-0.1, -0.05) is 12.1 Å². The van der Waals surface area contributed by atoms with Gasteiger partial charge in [-0.15, -0.1) is 24.0 Å². The number of amides is 1. The fraction of sp³-hybridized carbons (Fsp3) is 0.467. The average molecular weight is 420 g/mol. The van der Waals surface area contributed by atoms with Gasteiger partial charge in [0.25, 0.3) is 0 Å². The number of nitrogens with zero attached hydrogens (tertiary/aromatic N) is 1. The summed E-state index contributed by atoms with van der Waals surface area (Å²) in [5, 5.41) is 9.06. The van der Waals surface area contributed by atoms with Crippen LogP contribution in [0.15, 0.2) is 29.3 Å². The molecule has 1 aromatic carbocycles. The molecule has 1 aromatic rings. The summed E-state index contributed by atoms with van der Waals surface area (Å²) in [4.78, 5) is 15.6. The van der Waals surface area contributed by atoms with Crippen molar-refractivity contribution in [1.82, 2.24) is 10.6 Å². The Morgan fingerprint density at radius 2 is 1.91 bits per heavy atom. The fourth-order valence-electron chi connectivity index (χ4n) is 1.63. The van der Waals surface area contributed by atoms with E-state index in [4.69, 9.17) is 0 Å². The molecule has 124 valence electrons. The topological polar surface area (TPSA) is 74.8 Å². The van der Waals surface area contributed by atoms with Crippen LogP contribution >= 0.6 is 24.0 Å². The van der Waals surface area contributed by atoms with Crippen molar-refractivity contribution in [2.75, 3.05) is 19.0 Å². The van der Waals surface area contributed by atoms with Gasteiger partial charge in [-0.2, -0.15) is 0 Å². The number of nitrogens with one attached hydrogen (secondary N) is 3. The summed E-state index contributed by atoms with van der Waals surface area (Å²) in [6, 6.07) is 7.82. The van der Waals surface area contributed by atoms with Gasteiger partial charge < -0.3 is 15.4 Å². The van der Waals surface area contributed by atoms with Gasteiger partial charge >= 0.3 is 6.09 Å². The molecule has 0 fully saturated rings. The number of aliphatic imine (C=N–C) groups is 1. The van der Waals surface area contributed by atoms with Crippen molar-refractivity contribution in [3.63, 3.8) is 0 Å². The first-order valence-electron chi connectivity index (χ1n) is 7.04. The van der Waals surface area contributed by atoms with Crippen LogP contribution in [0, 0.1) is 0 Å². The molecule has 0 aliphatic heterocycles. The predicted molar refractivity (Wildman–Crippen MR) is 101 cm³/mol. The first-order valence-corrected chi connectivity index (χ1v) is 7.04. The molecule has 1 rings (SSSR count). The largest absolute Gasteiger partial charge is 0.453 e. The van der Waals surface area contributed by atoms with Gasteiger partial charge in [-0.25, -0.2) is 9.79 Å². The summed E-state index contributed by atoms with van der Waals surface area (Å²) in [5.41, 5.74) is 1.76. The number of hydrogen-bond donors (Lipinski definition) is 3. The third-order valence-corrected chi connectivity index (χ3v) is 2.58. The summed E-state index contributed by atoms with van der Waals surface area (Å²) in [5.74, 6) is 0.796. The molecule has 0 aromatic heterocycles. The highest BCUT2D eigenvalue weighted by atomic mass is 127. The van der Waals surface area contributed by atoms with Crippen LogP contribution in [0.5, 0.6) is 0 Å². The van der Waals surface area contributed by atoms with Crippen LogP contribution in [0.3, 0.4) is 0 Å². The van der Waals surface area contributed by atoms with E-state index in [0.717, 1.165) is 18.1 Å². The Labute approximate surface area is 149 Å². The minimum atomic E-state index is -0.476. The minimum Gasteiger partial charge on any atom is -0.453 e. The average Bonchev–Trinajstić information content (AvgIpc) is 2.46. The van der Waals surface area contributed by atoms with Crippen molar-refractivity contribution < 1.29 is 9.53 Å². The molecule has 0 heterocycles. The molecule has 7 heteroatoms. The molecule has 0 saturated carbocycles. The van der Waals surface area contributed by atoms with Crippen LogP contribution in [-0.4, -0.2) is 31.7 Å². The zero-order valence-corrected chi connectivity index (χ0v) is 15.8. The van der Waals surface area contributed by atoms with Crippen LogP contribution in [0.4, 0.5) is 10.5 Å². The third-order valence-electron chi connectivity index (χ3n) is 2.58. The standard InChI is InChI=1S/C15H24N4O2.HI/c1-5-16-14(18-11(2)3)17-10-12-6-8-13(9-7-12)19-15(20)21-4;/h6-9,11H,5,10H2,1-4H3,(H,19,20)(H2,16,17,18);1H. The SMILES string of the molecule is CCNC(=NCc1ccc(NC(=O)OC)cc1)NC(C)C.I. The number of benzene rings is 1. The molecule has 0 atom stereocenters. The van der Waals surface area contributed by atoms with E-state index in [0.29, 0.717) is 18.3 Å². The van der Waals surface area contributed by atoms with Crippen molar-refractivity contribution in [2.24, 2.45) is 4.99 Å². The van der Waals surface area contributed by atoms with Gasteiger partial charge in [0.2, 0.25) is 0 Å². The zero-order valence-electron chi connectivity index (χ0n) is 13.5. The van der Waals surface area contributed by atoms with E-state index < -0.39 is 6.09 Å². The number of ether oxygens (including phenoxy) is 1. The maximum Gasteiger partial charge on any atom is 0.411 e. The molecule has 0 radical (unpaired) electrons. The summed E-state index contributed by atoms with van der Waals surface area (Å²) in [6.45, 7) is 7.56. The Kier molecular flexibility index (Phi) is 10.3. The summed E-state index contributed by atoms with van der Waals surface area (Å²) < 4.78 is 4.54. The molecule has 6 nitrogen and oxygen atoms in total. The second-order valence-electron chi connectivity index (χ2n) is 4.81. The van der Waals surface area contributed by atoms with Gasteiger partial charge in [-0.05, 0) is 38.5 Å². The predicted octanol–water partition coefficient (Wildman–Crippen LogP) is 2.95. The Morgan fingerprint density at radius 1 is 1.27 bits per heavy atom. The van der Waals surface area contributed by atoms with Crippen molar-refractivity contribution in [3.8, 4) is 0 Å². The molecule has 22 heavy (non-hydrogen) atoms. The highest BCUT2D eigenvalue weighted by Gasteiger charge is 2.02. The van der Waals surface area contributed by atoms with Crippen LogP contribution in [0.25, 0.3) is 0 Å². The van der Waals surface area contributed by atoms with Crippen molar-refractivity contribution >= 4 is 41.7 Å². The second-order valence-corrected chi connectivity index (χ2v) is 4.81. The minimum absolute atomic E-state index is 0. The van der Waals surface area contributed by atoms with E-state index in [-0.39, 0.29) is 24.0 Å². The van der Waals surface area contributed by atoms with Crippen molar-refractivity contribution in [3.05, 3.63) is 29.8 Å². The van der Waals surface area contributed by atoms with Gasteiger partial charge in [0.1, 0.15) is 0 Å². The second kappa shape index (κ2) is 11.1. The van der Waals surface area contributed by atoms with Crippen molar-refractivity contribution in [2.45, 2.75) is 33.4 Å². The molecule has 0 aliphatic carbocycles. The first-order chi connectivity index (χ1) is 10.0. The van der Waals surface area contributed by atoms with Gasteiger partial charge in [-0.3, -0.25) is 5.32 Å². The van der Waals surface area contributed by atoms with E-state index >= 15 is 0 Å². The van der Waals surface area contributed by atoms with E-state index in [1.165, 1.54) is 7.11 Å². The van der Waals surface area contributed by atoms with E-state index in [2.05, 4.69) is 39.5 Å². The van der Waals surface area contributed by atoms with Crippen molar-refractivity contribution in [1.29, 1.82) is 0 Å². The highest BCUT2D eigenvalue weighted by molar-refractivity contribution is 14.0. The first kappa shape index (κ1) is 20.5.